The largest absolute Gasteiger partial charge is 0.353 e. The van der Waals surface area contributed by atoms with Crippen LogP contribution in [0.3, 0.4) is 0 Å². The summed E-state index contributed by atoms with van der Waals surface area (Å²) in [6.07, 6.45) is 5.22. The highest BCUT2D eigenvalue weighted by molar-refractivity contribution is 5.76. The Morgan fingerprint density at radius 3 is 2.62 bits per heavy atom. The van der Waals surface area contributed by atoms with Gasteiger partial charge in [0.15, 0.2) is 0 Å². The third-order valence-corrected chi connectivity index (χ3v) is 3.40. The number of nitrogens with zero attached hydrogens (tertiary/aromatic N) is 1. The van der Waals surface area contributed by atoms with Gasteiger partial charge in [-0.1, -0.05) is 26.7 Å². The van der Waals surface area contributed by atoms with Gasteiger partial charge in [0.2, 0.25) is 5.91 Å². The van der Waals surface area contributed by atoms with Crippen molar-refractivity contribution in [2.75, 3.05) is 20.1 Å². The van der Waals surface area contributed by atoms with Gasteiger partial charge in [-0.25, -0.2) is 0 Å². The minimum absolute atomic E-state index is 0.246. The van der Waals surface area contributed by atoms with E-state index in [0.29, 0.717) is 18.4 Å². The van der Waals surface area contributed by atoms with Gasteiger partial charge in [0.25, 0.3) is 0 Å². The fourth-order valence-corrected chi connectivity index (χ4v) is 2.35. The predicted molar refractivity (Wildman–Crippen MR) is 67.4 cm³/mol. The van der Waals surface area contributed by atoms with Crippen LogP contribution in [0.1, 0.15) is 46.0 Å². The van der Waals surface area contributed by atoms with E-state index in [-0.39, 0.29) is 5.91 Å². The molecule has 0 saturated carbocycles. The third kappa shape index (κ3) is 4.97. The molecule has 1 N–H and O–H groups in total. The van der Waals surface area contributed by atoms with Gasteiger partial charge in [-0.15, -0.1) is 0 Å². The summed E-state index contributed by atoms with van der Waals surface area (Å²) in [7, 11) is 2.14. The monoisotopic (exact) mass is 226 g/mol. The highest BCUT2D eigenvalue weighted by Crippen LogP contribution is 2.12. The van der Waals surface area contributed by atoms with Crippen molar-refractivity contribution >= 4 is 5.91 Å². The summed E-state index contributed by atoms with van der Waals surface area (Å²) in [5, 5.41) is 3.16. The van der Waals surface area contributed by atoms with Crippen LogP contribution < -0.4 is 5.32 Å². The number of rotatable bonds is 5. The summed E-state index contributed by atoms with van der Waals surface area (Å²) in [6, 6.07) is 0.414. The molecule has 1 amide bonds. The molecular weight excluding hydrogens is 200 g/mol. The molecule has 3 nitrogen and oxygen atoms in total. The number of hydrogen-bond acceptors (Lipinski definition) is 2. The molecule has 16 heavy (non-hydrogen) atoms. The van der Waals surface area contributed by atoms with E-state index in [2.05, 4.69) is 31.1 Å². The topological polar surface area (TPSA) is 32.3 Å². The summed E-state index contributed by atoms with van der Waals surface area (Å²) in [5.74, 6) is 0.770. The minimum atomic E-state index is 0.246. The first-order chi connectivity index (χ1) is 7.61. The van der Waals surface area contributed by atoms with Gasteiger partial charge in [-0.3, -0.25) is 4.79 Å². The molecule has 1 unspecified atom stereocenters. The van der Waals surface area contributed by atoms with Crippen LogP contribution in [0.5, 0.6) is 0 Å². The maximum atomic E-state index is 11.8. The predicted octanol–water partition coefficient (Wildman–Crippen LogP) is 2.02. The molecule has 0 aromatic heterocycles. The summed E-state index contributed by atoms with van der Waals surface area (Å²) < 4.78 is 0. The van der Waals surface area contributed by atoms with E-state index in [1.54, 1.807) is 0 Å². The molecule has 1 saturated heterocycles. The molecule has 1 heterocycles. The van der Waals surface area contributed by atoms with Crippen LogP contribution in [0.2, 0.25) is 0 Å². The highest BCUT2D eigenvalue weighted by Gasteiger charge is 2.18. The van der Waals surface area contributed by atoms with Crippen LogP contribution in [0, 0.1) is 5.92 Å². The van der Waals surface area contributed by atoms with E-state index < -0.39 is 0 Å². The molecule has 0 aliphatic carbocycles. The van der Waals surface area contributed by atoms with Crippen LogP contribution in [0.15, 0.2) is 0 Å². The molecule has 94 valence electrons. The molecule has 1 rings (SSSR count). The Balaban J connectivity index is 2.18. The van der Waals surface area contributed by atoms with Crippen LogP contribution >= 0.6 is 0 Å². The molecule has 1 atom stereocenters. The molecule has 0 aromatic rings. The smallest absolute Gasteiger partial charge is 0.220 e. The van der Waals surface area contributed by atoms with Crippen LogP contribution in [-0.2, 0) is 4.79 Å². The summed E-state index contributed by atoms with van der Waals surface area (Å²) in [6.45, 7) is 6.55. The molecule has 0 spiro atoms. The fourth-order valence-electron chi connectivity index (χ4n) is 2.35. The van der Waals surface area contributed by atoms with Crippen molar-refractivity contribution in [2.45, 2.75) is 52.0 Å². The second-order valence-electron chi connectivity index (χ2n) is 5.24. The second-order valence-corrected chi connectivity index (χ2v) is 5.24. The van der Waals surface area contributed by atoms with E-state index in [1.807, 2.05) is 0 Å². The Hall–Kier alpha value is -0.570. The first kappa shape index (κ1) is 13.5. The highest BCUT2D eigenvalue weighted by atomic mass is 16.1. The van der Waals surface area contributed by atoms with Crippen molar-refractivity contribution < 1.29 is 4.79 Å². The Morgan fingerprint density at radius 1 is 1.44 bits per heavy atom. The van der Waals surface area contributed by atoms with Crippen LogP contribution in [0.4, 0.5) is 0 Å². The number of likely N-dealkylation sites (tertiary alicyclic amines) is 1. The molecule has 1 aliphatic rings. The van der Waals surface area contributed by atoms with Crippen LogP contribution in [0.25, 0.3) is 0 Å². The number of carbonyl (C=O) groups is 1. The van der Waals surface area contributed by atoms with Gasteiger partial charge in [0.05, 0.1) is 0 Å². The van der Waals surface area contributed by atoms with Gasteiger partial charge in [-0.2, -0.15) is 0 Å². The quantitative estimate of drug-likeness (QED) is 0.778. The summed E-state index contributed by atoms with van der Waals surface area (Å²) >= 11 is 0. The average molecular weight is 226 g/mol. The summed E-state index contributed by atoms with van der Waals surface area (Å²) in [5.41, 5.74) is 0. The Labute approximate surface area is 99.6 Å². The van der Waals surface area contributed by atoms with E-state index in [1.165, 1.54) is 6.42 Å². The number of amides is 1. The van der Waals surface area contributed by atoms with Crippen molar-refractivity contribution in [3.05, 3.63) is 0 Å². The second kappa shape index (κ2) is 6.89. The van der Waals surface area contributed by atoms with Crippen molar-refractivity contribution in [1.29, 1.82) is 0 Å². The zero-order valence-electron chi connectivity index (χ0n) is 11.0. The van der Waals surface area contributed by atoms with E-state index >= 15 is 0 Å². The Kier molecular flexibility index (Phi) is 5.81. The zero-order valence-corrected chi connectivity index (χ0v) is 11.0. The molecule has 0 bridgehead atoms. The number of hydrogen-bond donors (Lipinski definition) is 1. The van der Waals surface area contributed by atoms with E-state index in [4.69, 9.17) is 0 Å². The SMILES string of the molecule is CCCC(C)CC(=O)NC1CCN(C)CC1. The lowest BCUT2D eigenvalue weighted by Crippen LogP contribution is -2.43. The number of carbonyl (C=O) groups excluding carboxylic acids is 1. The maximum Gasteiger partial charge on any atom is 0.220 e. The lowest BCUT2D eigenvalue weighted by molar-refractivity contribution is -0.122. The van der Waals surface area contributed by atoms with Crippen LogP contribution in [-0.4, -0.2) is 37.0 Å². The standard InChI is InChI=1S/C13H26N2O/c1-4-5-11(2)10-13(16)14-12-6-8-15(3)9-7-12/h11-12H,4-10H2,1-3H3,(H,14,16). The molecule has 1 aliphatic heterocycles. The molecule has 0 aromatic carbocycles. The minimum Gasteiger partial charge on any atom is -0.353 e. The number of piperidine rings is 1. The van der Waals surface area contributed by atoms with E-state index in [0.717, 1.165) is 32.4 Å². The van der Waals surface area contributed by atoms with Gasteiger partial charge < -0.3 is 10.2 Å². The van der Waals surface area contributed by atoms with Crippen molar-refractivity contribution in [2.24, 2.45) is 5.92 Å². The maximum absolute atomic E-state index is 11.8. The lowest BCUT2D eigenvalue weighted by atomic mass is 10.0. The normalized spacial score (nSPS) is 20.7. The van der Waals surface area contributed by atoms with E-state index in [9.17, 15) is 4.79 Å². The first-order valence-corrected chi connectivity index (χ1v) is 6.59. The van der Waals surface area contributed by atoms with Gasteiger partial charge in [0, 0.05) is 12.5 Å². The van der Waals surface area contributed by atoms with Crippen molar-refractivity contribution in [1.82, 2.24) is 10.2 Å². The van der Waals surface area contributed by atoms with Gasteiger partial charge >= 0.3 is 0 Å². The summed E-state index contributed by atoms with van der Waals surface area (Å²) in [4.78, 5) is 14.1. The zero-order chi connectivity index (χ0) is 12.0. The Bertz CT molecular complexity index is 210. The average Bonchev–Trinajstić information content (AvgIpc) is 2.21. The van der Waals surface area contributed by atoms with Gasteiger partial charge in [-0.05, 0) is 38.9 Å². The molecule has 0 radical (unpaired) electrons. The number of nitrogens with one attached hydrogen (secondary N) is 1. The third-order valence-electron chi connectivity index (χ3n) is 3.40. The molecule has 3 heteroatoms. The first-order valence-electron chi connectivity index (χ1n) is 6.59. The molecular formula is C13H26N2O. The fraction of sp³-hybridized carbons (Fsp3) is 0.923. The van der Waals surface area contributed by atoms with Crippen molar-refractivity contribution in [3.8, 4) is 0 Å². The lowest BCUT2D eigenvalue weighted by Gasteiger charge is -2.29. The Morgan fingerprint density at radius 2 is 2.06 bits per heavy atom. The van der Waals surface area contributed by atoms with Gasteiger partial charge in [0.1, 0.15) is 0 Å². The van der Waals surface area contributed by atoms with Crippen molar-refractivity contribution in [3.63, 3.8) is 0 Å². The molecule has 1 fully saturated rings.